The lowest BCUT2D eigenvalue weighted by molar-refractivity contribution is 0.0905. The fourth-order valence-corrected chi connectivity index (χ4v) is 2.48. The largest absolute Gasteiger partial charge is 0.508 e. The van der Waals surface area contributed by atoms with Crippen molar-refractivity contribution in [3.63, 3.8) is 0 Å². The number of carbonyl (C=O) groups is 1. The van der Waals surface area contributed by atoms with Gasteiger partial charge < -0.3 is 15.3 Å². The Bertz CT molecular complexity index is 459. The van der Waals surface area contributed by atoms with E-state index in [0.29, 0.717) is 5.56 Å². The summed E-state index contributed by atoms with van der Waals surface area (Å²) < 4.78 is 0. The number of benzene rings is 1. The Kier molecular flexibility index (Phi) is 4.43. The maximum Gasteiger partial charge on any atom is 0.251 e. The van der Waals surface area contributed by atoms with Gasteiger partial charge in [0.1, 0.15) is 5.75 Å². The molecule has 104 valence electrons. The Balaban J connectivity index is 1.98. The van der Waals surface area contributed by atoms with Crippen LogP contribution in [0.4, 0.5) is 0 Å². The molecule has 2 N–H and O–H groups in total. The molecule has 0 saturated carbocycles. The first-order valence-corrected chi connectivity index (χ1v) is 6.93. The first-order chi connectivity index (χ1) is 9.10. The lowest BCUT2D eigenvalue weighted by atomic mass is 10.0. The molecule has 0 aliphatic carbocycles. The van der Waals surface area contributed by atoms with Crippen LogP contribution in [0, 0.1) is 6.92 Å². The van der Waals surface area contributed by atoms with E-state index in [1.165, 1.54) is 6.07 Å². The Morgan fingerprint density at radius 1 is 1.53 bits per heavy atom. The molecular weight excluding hydrogens is 240 g/mol. The zero-order valence-corrected chi connectivity index (χ0v) is 11.6. The van der Waals surface area contributed by atoms with E-state index in [2.05, 4.69) is 17.1 Å². The zero-order valence-electron chi connectivity index (χ0n) is 11.6. The summed E-state index contributed by atoms with van der Waals surface area (Å²) >= 11 is 0. The second-order valence-electron chi connectivity index (χ2n) is 5.21. The van der Waals surface area contributed by atoms with Crippen LogP contribution in [0.25, 0.3) is 0 Å². The van der Waals surface area contributed by atoms with E-state index < -0.39 is 0 Å². The highest BCUT2D eigenvalue weighted by molar-refractivity contribution is 5.94. The van der Waals surface area contributed by atoms with Crippen LogP contribution in [0.1, 0.15) is 35.7 Å². The summed E-state index contributed by atoms with van der Waals surface area (Å²) in [5, 5.41) is 12.7. The van der Waals surface area contributed by atoms with Crippen LogP contribution in [0.5, 0.6) is 5.75 Å². The molecule has 1 fully saturated rings. The number of amides is 1. The number of phenolic OH excluding ortho intramolecular Hbond substituents is 1. The lowest BCUT2D eigenvalue weighted by Gasteiger charge is -2.32. The quantitative estimate of drug-likeness (QED) is 0.875. The number of rotatable bonds is 3. The van der Waals surface area contributed by atoms with Crippen LogP contribution < -0.4 is 5.32 Å². The van der Waals surface area contributed by atoms with E-state index in [1.807, 2.05) is 6.92 Å². The number of phenols is 1. The van der Waals surface area contributed by atoms with Crippen molar-refractivity contribution in [3.8, 4) is 5.75 Å². The minimum Gasteiger partial charge on any atom is -0.508 e. The lowest BCUT2D eigenvalue weighted by Crippen LogP contribution is -2.47. The standard InChI is InChI=1S/C15H22N2O2/c1-3-17-8-4-5-13(10-17)16-15(19)12-7-6-11(2)14(18)9-12/h6-7,9,13,18H,3-5,8,10H2,1-2H3,(H,16,19). The molecular formula is C15H22N2O2. The molecule has 1 aliphatic rings. The smallest absolute Gasteiger partial charge is 0.251 e. The van der Waals surface area contributed by atoms with Crippen LogP contribution in [-0.4, -0.2) is 41.6 Å². The summed E-state index contributed by atoms with van der Waals surface area (Å²) in [5.41, 5.74) is 1.31. The topological polar surface area (TPSA) is 52.6 Å². The van der Waals surface area contributed by atoms with Gasteiger partial charge in [-0.1, -0.05) is 13.0 Å². The second-order valence-corrected chi connectivity index (χ2v) is 5.21. The maximum atomic E-state index is 12.1. The summed E-state index contributed by atoms with van der Waals surface area (Å²) in [6.07, 6.45) is 2.15. The van der Waals surface area contributed by atoms with Crippen molar-refractivity contribution in [2.45, 2.75) is 32.7 Å². The molecule has 0 aromatic heterocycles. The third-order valence-corrected chi connectivity index (χ3v) is 3.76. The van der Waals surface area contributed by atoms with Crippen LogP contribution in [0.15, 0.2) is 18.2 Å². The normalized spacial score (nSPS) is 20.2. The first-order valence-electron chi connectivity index (χ1n) is 6.93. The molecule has 1 heterocycles. The summed E-state index contributed by atoms with van der Waals surface area (Å²) in [6.45, 7) is 7.02. The SMILES string of the molecule is CCN1CCCC(NC(=O)c2ccc(C)c(O)c2)C1. The molecule has 1 unspecified atom stereocenters. The number of hydrogen-bond acceptors (Lipinski definition) is 3. The second kappa shape index (κ2) is 6.06. The zero-order chi connectivity index (χ0) is 13.8. The van der Waals surface area contributed by atoms with Crippen LogP contribution >= 0.6 is 0 Å². The summed E-state index contributed by atoms with van der Waals surface area (Å²) in [7, 11) is 0. The average molecular weight is 262 g/mol. The van der Waals surface area contributed by atoms with Crippen LogP contribution in [0.3, 0.4) is 0 Å². The number of aryl methyl sites for hydroxylation is 1. The maximum absolute atomic E-state index is 12.1. The number of aromatic hydroxyl groups is 1. The van der Waals surface area contributed by atoms with Gasteiger partial charge >= 0.3 is 0 Å². The minimum atomic E-state index is -0.0988. The van der Waals surface area contributed by atoms with Gasteiger partial charge in [0.05, 0.1) is 0 Å². The van der Waals surface area contributed by atoms with Gasteiger partial charge in [-0.05, 0) is 50.6 Å². The van der Waals surface area contributed by atoms with Crippen molar-refractivity contribution in [1.29, 1.82) is 0 Å². The number of carbonyl (C=O) groups excluding carboxylic acids is 1. The highest BCUT2D eigenvalue weighted by Crippen LogP contribution is 2.18. The molecule has 1 aromatic carbocycles. The van der Waals surface area contributed by atoms with Crippen molar-refractivity contribution in [1.82, 2.24) is 10.2 Å². The number of likely N-dealkylation sites (N-methyl/N-ethyl adjacent to an activating group) is 1. The Morgan fingerprint density at radius 2 is 2.32 bits per heavy atom. The van der Waals surface area contributed by atoms with Crippen molar-refractivity contribution >= 4 is 5.91 Å². The number of nitrogens with one attached hydrogen (secondary N) is 1. The van der Waals surface area contributed by atoms with Gasteiger partial charge in [0.15, 0.2) is 0 Å². The fraction of sp³-hybridized carbons (Fsp3) is 0.533. The van der Waals surface area contributed by atoms with Gasteiger partial charge in [-0.3, -0.25) is 4.79 Å². The van der Waals surface area contributed by atoms with Crippen molar-refractivity contribution in [2.24, 2.45) is 0 Å². The Morgan fingerprint density at radius 3 is 3.00 bits per heavy atom. The van der Waals surface area contributed by atoms with E-state index in [0.717, 1.165) is 38.0 Å². The van der Waals surface area contributed by atoms with Crippen molar-refractivity contribution < 1.29 is 9.90 Å². The van der Waals surface area contributed by atoms with E-state index in [-0.39, 0.29) is 17.7 Å². The fourth-order valence-electron chi connectivity index (χ4n) is 2.48. The van der Waals surface area contributed by atoms with Crippen LogP contribution in [-0.2, 0) is 0 Å². The number of hydrogen-bond donors (Lipinski definition) is 2. The van der Waals surface area contributed by atoms with Gasteiger partial charge in [-0.15, -0.1) is 0 Å². The van der Waals surface area contributed by atoms with E-state index >= 15 is 0 Å². The molecule has 4 nitrogen and oxygen atoms in total. The van der Waals surface area contributed by atoms with E-state index in [1.54, 1.807) is 12.1 Å². The number of piperidine rings is 1. The predicted octanol–water partition coefficient (Wildman–Crippen LogP) is 1.91. The molecule has 2 rings (SSSR count). The van der Waals surface area contributed by atoms with Gasteiger partial charge in [0.25, 0.3) is 5.91 Å². The Hall–Kier alpha value is -1.55. The van der Waals surface area contributed by atoms with Crippen molar-refractivity contribution in [2.75, 3.05) is 19.6 Å². The molecule has 1 atom stereocenters. The summed E-state index contributed by atoms with van der Waals surface area (Å²) in [5.74, 6) is 0.0738. The molecule has 1 saturated heterocycles. The van der Waals surface area contributed by atoms with Crippen molar-refractivity contribution in [3.05, 3.63) is 29.3 Å². The summed E-state index contributed by atoms with van der Waals surface area (Å²) in [6, 6.07) is 5.27. The highest BCUT2D eigenvalue weighted by atomic mass is 16.3. The predicted molar refractivity (Wildman–Crippen MR) is 75.4 cm³/mol. The number of nitrogens with zero attached hydrogens (tertiary/aromatic N) is 1. The van der Waals surface area contributed by atoms with Gasteiger partial charge in [0.2, 0.25) is 0 Å². The van der Waals surface area contributed by atoms with Crippen LogP contribution in [0.2, 0.25) is 0 Å². The van der Waals surface area contributed by atoms with Gasteiger partial charge in [-0.25, -0.2) is 0 Å². The van der Waals surface area contributed by atoms with E-state index in [4.69, 9.17) is 0 Å². The molecule has 1 amide bonds. The average Bonchev–Trinajstić information content (AvgIpc) is 2.42. The molecule has 19 heavy (non-hydrogen) atoms. The molecule has 0 radical (unpaired) electrons. The third kappa shape index (κ3) is 3.47. The minimum absolute atomic E-state index is 0.0988. The van der Waals surface area contributed by atoms with Gasteiger partial charge in [0, 0.05) is 18.2 Å². The Labute approximate surface area is 114 Å². The first kappa shape index (κ1) is 13.9. The molecule has 0 bridgehead atoms. The highest BCUT2D eigenvalue weighted by Gasteiger charge is 2.20. The summed E-state index contributed by atoms with van der Waals surface area (Å²) in [4.78, 5) is 14.5. The molecule has 1 aliphatic heterocycles. The van der Waals surface area contributed by atoms with E-state index in [9.17, 15) is 9.90 Å². The van der Waals surface area contributed by atoms with Gasteiger partial charge in [-0.2, -0.15) is 0 Å². The molecule has 0 spiro atoms. The third-order valence-electron chi connectivity index (χ3n) is 3.76. The monoisotopic (exact) mass is 262 g/mol. The number of likely N-dealkylation sites (tertiary alicyclic amines) is 1. The molecule has 4 heteroatoms. The molecule has 1 aromatic rings.